The van der Waals surface area contributed by atoms with Crippen LogP contribution >= 0.6 is 11.3 Å². The number of rotatable bonds is 1. The summed E-state index contributed by atoms with van der Waals surface area (Å²) in [4.78, 5) is 1.99. The summed E-state index contributed by atoms with van der Waals surface area (Å²) in [5, 5.41) is 0. The monoisotopic (exact) mass is 263 g/mol. The van der Waals surface area contributed by atoms with Gasteiger partial charge in [0.05, 0.1) is 11.5 Å². The first-order valence-electron chi connectivity index (χ1n) is 5.74. The minimum Gasteiger partial charge on any atom is -0.321 e. The molecule has 17 heavy (non-hydrogen) atoms. The molecule has 1 nitrogen and oxygen atoms in total. The van der Waals surface area contributed by atoms with Crippen molar-refractivity contribution in [3.63, 3.8) is 0 Å². The molecule has 1 aliphatic rings. The summed E-state index contributed by atoms with van der Waals surface area (Å²) in [6.07, 6.45) is -2.67. The van der Waals surface area contributed by atoms with E-state index in [0.717, 1.165) is 9.75 Å². The average molecular weight is 263 g/mol. The highest BCUT2D eigenvalue weighted by Crippen LogP contribution is 2.46. The Morgan fingerprint density at radius 2 is 2.12 bits per heavy atom. The van der Waals surface area contributed by atoms with Gasteiger partial charge in [-0.3, -0.25) is 0 Å². The Labute approximate surface area is 103 Å². The average Bonchev–Trinajstić information content (AvgIpc) is 2.64. The van der Waals surface area contributed by atoms with Crippen molar-refractivity contribution in [2.75, 3.05) is 0 Å². The second-order valence-corrected chi connectivity index (χ2v) is 6.19. The maximum absolute atomic E-state index is 12.8. The van der Waals surface area contributed by atoms with Crippen LogP contribution in [-0.4, -0.2) is 6.18 Å². The van der Waals surface area contributed by atoms with Gasteiger partial charge in [0.15, 0.2) is 0 Å². The molecule has 0 amide bonds. The summed E-state index contributed by atoms with van der Waals surface area (Å²) in [6.45, 7) is 1.95. The van der Waals surface area contributed by atoms with E-state index < -0.39 is 17.6 Å². The highest BCUT2D eigenvalue weighted by Gasteiger charge is 2.47. The van der Waals surface area contributed by atoms with Crippen molar-refractivity contribution < 1.29 is 13.2 Å². The first kappa shape index (κ1) is 12.9. The summed E-state index contributed by atoms with van der Waals surface area (Å²) in [5.74, 6) is -1.25. The van der Waals surface area contributed by atoms with E-state index in [1.54, 1.807) is 0 Å². The number of hydrogen-bond acceptors (Lipinski definition) is 2. The molecule has 2 atom stereocenters. The van der Waals surface area contributed by atoms with Gasteiger partial charge in [-0.15, -0.1) is 11.3 Å². The van der Waals surface area contributed by atoms with Crippen LogP contribution in [0.4, 0.5) is 13.2 Å². The standard InChI is InChI=1S/C12H16F3NS/c1-8-4-5-10(17-8)11(16)6-2-3-9(7-11)12(13,14)15/h4-5,9H,2-3,6-7,16H2,1H3. The molecule has 0 saturated heterocycles. The third-order valence-electron chi connectivity index (χ3n) is 3.48. The molecule has 2 rings (SSSR count). The normalized spacial score (nSPS) is 30.5. The molecule has 2 unspecified atom stereocenters. The van der Waals surface area contributed by atoms with Crippen molar-refractivity contribution in [3.05, 3.63) is 21.9 Å². The predicted octanol–water partition coefficient (Wildman–Crippen LogP) is 3.96. The summed E-state index contributed by atoms with van der Waals surface area (Å²) in [7, 11) is 0. The summed E-state index contributed by atoms with van der Waals surface area (Å²) in [6, 6.07) is 3.80. The van der Waals surface area contributed by atoms with Crippen molar-refractivity contribution in [2.45, 2.75) is 44.3 Å². The van der Waals surface area contributed by atoms with Gasteiger partial charge in [0.1, 0.15) is 0 Å². The molecule has 0 aliphatic heterocycles. The zero-order chi connectivity index (χ0) is 12.7. The van der Waals surface area contributed by atoms with E-state index >= 15 is 0 Å². The van der Waals surface area contributed by atoms with E-state index in [4.69, 9.17) is 5.73 Å². The lowest BCUT2D eigenvalue weighted by Gasteiger charge is -2.38. The van der Waals surface area contributed by atoms with Crippen LogP contribution in [0.15, 0.2) is 12.1 Å². The molecule has 2 N–H and O–H groups in total. The fourth-order valence-corrected chi connectivity index (χ4v) is 3.52. The molecule has 1 fully saturated rings. The van der Waals surface area contributed by atoms with Crippen LogP contribution in [0.1, 0.15) is 35.4 Å². The molecular formula is C12H16F3NS. The van der Waals surface area contributed by atoms with Crippen molar-refractivity contribution in [1.82, 2.24) is 0 Å². The lowest BCUT2D eigenvalue weighted by atomic mass is 9.75. The first-order valence-corrected chi connectivity index (χ1v) is 6.55. The van der Waals surface area contributed by atoms with E-state index in [2.05, 4.69) is 0 Å². The molecule has 0 spiro atoms. The Kier molecular flexibility index (Phi) is 3.25. The van der Waals surface area contributed by atoms with Crippen molar-refractivity contribution in [3.8, 4) is 0 Å². The van der Waals surface area contributed by atoms with Crippen LogP contribution < -0.4 is 5.73 Å². The molecule has 1 heterocycles. The number of halogens is 3. The molecule has 0 aromatic carbocycles. The van der Waals surface area contributed by atoms with Crippen molar-refractivity contribution in [1.29, 1.82) is 0 Å². The number of aryl methyl sites for hydroxylation is 1. The van der Waals surface area contributed by atoms with Gasteiger partial charge < -0.3 is 5.73 Å². The Morgan fingerprint density at radius 1 is 1.41 bits per heavy atom. The molecule has 1 aromatic heterocycles. The Hall–Kier alpha value is -0.550. The summed E-state index contributed by atoms with van der Waals surface area (Å²) in [5.41, 5.74) is 5.41. The molecular weight excluding hydrogens is 247 g/mol. The van der Waals surface area contributed by atoms with Gasteiger partial charge in [0.2, 0.25) is 0 Å². The first-order chi connectivity index (χ1) is 7.81. The zero-order valence-electron chi connectivity index (χ0n) is 9.68. The van der Waals surface area contributed by atoms with Gasteiger partial charge in [-0.25, -0.2) is 0 Å². The third-order valence-corrected chi connectivity index (χ3v) is 4.70. The van der Waals surface area contributed by atoms with Gasteiger partial charge in [-0.05, 0) is 38.3 Å². The van der Waals surface area contributed by atoms with Crippen LogP contribution in [-0.2, 0) is 5.54 Å². The number of thiophene rings is 1. The van der Waals surface area contributed by atoms with Crippen molar-refractivity contribution in [2.24, 2.45) is 11.7 Å². The Bertz CT molecular complexity index is 399. The van der Waals surface area contributed by atoms with Crippen LogP contribution in [0.3, 0.4) is 0 Å². The van der Waals surface area contributed by atoms with Crippen LogP contribution in [0.25, 0.3) is 0 Å². The van der Waals surface area contributed by atoms with Crippen LogP contribution in [0.5, 0.6) is 0 Å². The molecule has 1 aromatic rings. The topological polar surface area (TPSA) is 26.0 Å². The fraction of sp³-hybridized carbons (Fsp3) is 0.667. The van der Waals surface area contributed by atoms with Crippen LogP contribution in [0.2, 0.25) is 0 Å². The summed E-state index contributed by atoms with van der Waals surface area (Å²) >= 11 is 1.51. The van der Waals surface area contributed by atoms with E-state index in [0.29, 0.717) is 12.8 Å². The fourth-order valence-electron chi connectivity index (χ4n) is 2.51. The maximum atomic E-state index is 12.8. The minimum absolute atomic E-state index is 0.0243. The van der Waals surface area contributed by atoms with E-state index in [1.165, 1.54) is 11.3 Å². The van der Waals surface area contributed by atoms with Gasteiger partial charge in [-0.1, -0.05) is 6.42 Å². The largest absolute Gasteiger partial charge is 0.391 e. The highest BCUT2D eigenvalue weighted by molar-refractivity contribution is 7.12. The van der Waals surface area contributed by atoms with E-state index in [9.17, 15) is 13.2 Å². The van der Waals surface area contributed by atoms with E-state index in [1.807, 2.05) is 19.1 Å². The third kappa shape index (κ3) is 2.65. The number of nitrogens with two attached hydrogens (primary N) is 1. The molecule has 1 saturated carbocycles. The lowest BCUT2D eigenvalue weighted by molar-refractivity contribution is -0.187. The smallest absolute Gasteiger partial charge is 0.321 e. The molecule has 1 aliphatic carbocycles. The maximum Gasteiger partial charge on any atom is 0.391 e. The highest BCUT2D eigenvalue weighted by atomic mass is 32.1. The number of hydrogen-bond donors (Lipinski definition) is 1. The lowest BCUT2D eigenvalue weighted by Crippen LogP contribution is -2.44. The quantitative estimate of drug-likeness (QED) is 0.815. The molecule has 0 bridgehead atoms. The van der Waals surface area contributed by atoms with Gasteiger partial charge in [0, 0.05) is 9.75 Å². The van der Waals surface area contributed by atoms with E-state index in [-0.39, 0.29) is 12.8 Å². The van der Waals surface area contributed by atoms with Gasteiger partial charge >= 0.3 is 6.18 Å². The van der Waals surface area contributed by atoms with Gasteiger partial charge in [-0.2, -0.15) is 13.2 Å². The number of alkyl halides is 3. The van der Waals surface area contributed by atoms with Crippen LogP contribution in [0, 0.1) is 12.8 Å². The summed E-state index contributed by atoms with van der Waals surface area (Å²) < 4.78 is 38.3. The van der Waals surface area contributed by atoms with Crippen molar-refractivity contribution >= 4 is 11.3 Å². The Balaban J connectivity index is 2.21. The SMILES string of the molecule is Cc1ccc(C2(N)CCCC(C(F)(F)F)C2)s1. The molecule has 5 heteroatoms. The minimum atomic E-state index is -4.11. The van der Waals surface area contributed by atoms with Gasteiger partial charge in [0.25, 0.3) is 0 Å². The predicted molar refractivity (Wildman–Crippen MR) is 62.9 cm³/mol. The molecule has 0 radical (unpaired) electrons. The zero-order valence-corrected chi connectivity index (χ0v) is 10.5. The molecule has 96 valence electrons. The second kappa shape index (κ2) is 4.28. The Morgan fingerprint density at radius 3 is 2.65 bits per heavy atom. The second-order valence-electron chi connectivity index (χ2n) is 4.90.